The van der Waals surface area contributed by atoms with E-state index in [4.69, 9.17) is 0 Å². The molecule has 0 unspecified atom stereocenters. The molecule has 0 saturated heterocycles. The van der Waals surface area contributed by atoms with Crippen LogP contribution in [0.3, 0.4) is 0 Å². The zero-order valence-corrected chi connectivity index (χ0v) is 16.6. The summed E-state index contributed by atoms with van der Waals surface area (Å²) in [6.45, 7) is 0.157. The molecule has 3 aromatic rings. The summed E-state index contributed by atoms with van der Waals surface area (Å²) in [5, 5.41) is 2.76. The second kappa shape index (κ2) is 8.14. The first-order valence-corrected chi connectivity index (χ1v) is 10.9. The number of nitrogens with one attached hydrogen (secondary N) is 2. The Balaban J connectivity index is 1.39. The number of fused-ring (bicyclic) bond motifs is 1. The summed E-state index contributed by atoms with van der Waals surface area (Å²) in [5.41, 5.74) is 4.23. The van der Waals surface area contributed by atoms with Gasteiger partial charge in [0.25, 0.3) is 5.91 Å². The highest BCUT2D eigenvalue weighted by molar-refractivity contribution is 7.89. The molecule has 0 fully saturated rings. The molecule has 0 spiro atoms. The second-order valence-corrected chi connectivity index (χ2v) is 8.77. The van der Waals surface area contributed by atoms with Gasteiger partial charge in [-0.3, -0.25) is 9.78 Å². The summed E-state index contributed by atoms with van der Waals surface area (Å²) in [5.74, 6) is -0.247. The van der Waals surface area contributed by atoms with Gasteiger partial charge in [0.15, 0.2) is 0 Å². The minimum atomic E-state index is -3.58. The summed E-state index contributed by atoms with van der Waals surface area (Å²) in [4.78, 5) is 16.5. The van der Waals surface area contributed by atoms with Crippen LogP contribution in [0.15, 0.2) is 71.9 Å². The summed E-state index contributed by atoms with van der Waals surface area (Å²) >= 11 is 0. The molecule has 0 aliphatic heterocycles. The van der Waals surface area contributed by atoms with E-state index in [-0.39, 0.29) is 12.5 Å². The number of nitrogens with zero attached hydrogens (tertiary/aromatic N) is 1. The fourth-order valence-electron chi connectivity index (χ4n) is 3.39. The topological polar surface area (TPSA) is 88.2 Å². The first-order valence-electron chi connectivity index (χ1n) is 9.43. The van der Waals surface area contributed by atoms with Gasteiger partial charge < -0.3 is 5.32 Å². The summed E-state index contributed by atoms with van der Waals surface area (Å²) in [6.07, 6.45) is 6.23. The van der Waals surface area contributed by atoms with Crippen LogP contribution in [-0.4, -0.2) is 19.3 Å². The fraction of sp³-hybridized carbons (Fsp3) is 0.182. The molecule has 0 bridgehead atoms. The van der Waals surface area contributed by atoms with Crippen LogP contribution in [-0.2, 0) is 29.4 Å². The zero-order valence-electron chi connectivity index (χ0n) is 15.8. The number of hydrogen-bond donors (Lipinski definition) is 2. The molecule has 2 aromatic carbocycles. The maximum atomic E-state index is 12.6. The Labute approximate surface area is 170 Å². The Morgan fingerprint density at radius 2 is 1.79 bits per heavy atom. The molecule has 1 aliphatic rings. The van der Waals surface area contributed by atoms with Crippen molar-refractivity contribution in [2.24, 2.45) is 0 Å². The first-order chi connectivity index (χ1) is 14.0. The number of carbonyl (C=O) groups is 1. The molecule has 4 rings (SSSR count). The highest BCUT2D eigenvalue weighted by atomic mass is 32.2. The van der Waals surface area contributed by atoms with Crippen LogP contribution in [0.5, 0.6) is 0 Å². The average Bonchev–Trinajstić information content (AvgIpc) is 3.21. The van der Waals surface area contributed by atoms with E-state index in [1.807, 2.05) is 6.07 Å². The lowest BCUT2D eigenvalue weighted by atomic mass is 10.1. The summed E-state index contributed by atoms with van der Waals surface area (Å²) in [6, 6.07) is 15.7. The van der Waals surface area contributed by atoms with E-state index in [1.165, 1.54) is 5.56 Å². The molecule has 2 N–H and O–H groups in total. The molecule has 0 radical (unpaired) electrons. The molecular formula is C22H21N3O3S. The van der Waals surface area contributed by atoms with E-state index >= 15 is 0 Å². The van der Waals surface area contributed by atoms with Crippen molar-refractivity contribution in [3.63, 3.8) is 0 Å². The Morgan fingerprint density at radius 3 is 2.55 bits per heavy atom. The molecule has 1 aliphatic carbocycles. The van der Waals surface area contributed by atoms with Crippen molar-refractivity contribution in [1.82, 2.24) is 9.71 Å². The molecule has 6 nitrogen and oxygen atoms in total. The molecule has 1 heterocycles. The largest absolute Gasteiger partial charge is 0.321 e. The van der Waals surface area contributed by atoms with Crippen molar-refractivity contribution in [2.75, 3.05) is 5.32 Å². The lowest BCUT2D eigenvalue weighted by molar-refractivity contribution is 0.102. The third-order valence-electron chi connectivity index (χ3n) is 4.98. The van der Waals surface area contributed by atoms with Gasteiger partial charge in [-0.25, -0.2) is 13.1 Å². The van der Waals surface area contributed by atoms with Crippen LogP contribution >= 0.6 is 0 Å². The van der Waals surface area contributed by atoms with Crippen LogP contribution in [0, 0.1) is 0 Å². The Bertz CT molecular complexity index is 1130. The number of sulfonamides is 1. The molecule has 29 heavy (non-hydrogen) atoms. The molecule has 7 heteroatoms. The molecular weight excluding hydrogens is 386 g/mol. The second-order valence-electron chi connectivity index (χ2n) is 7.00. The summed E-state index contributed by atoms with van der Waals surface area (Å²) in [7, 11) is -3.58. The normalized spacial score (nSPS) is 13.1. The van der Waals surface area contributed by atoms with Crippen molar-refractivity contribution in [2.45, 2.75) is 30.7 Å². The van der Waals surface area contributed by atoms with Gasteiger partial charge in [-0.2, -0.15) is 0 Å². The number of benzene rings is 2. The van der Waals surface area contributed by atoms with Gasteiger partial charge in [-0.15, -0.1) is 0 Å². The van der Waals surface area contributed by atoms with E-state index < -0.39 is 10.0 Å². The monoisotopic (exact) mass is 407 g/mol. The number of anilines is 1. The third-order valence-corrected chi connectivity index (χ3v) is 6.38. The Hall–Kier alpha value is -3.03. The quantitative estimate of drug-likeness (QED) is 0.656. The van der Waals surface area contributed by atoms with Crippen molar-refractivity contribution in [3.8, 4) is 0 Å². The maximum absolute atomic E-state index is 12.6. The van der Waals surface area contributed by atoms with Crippen LogP contribution < -0.4 is 10.0 Å². The van der Waals surface area contributed by atoms with Crippen molar-refractivity contribution in [3.05, 3.63) is 89.2 Å². The van der Waals surface area contributed by atoms with Gasteiger partial charge in [0, 0.05) is 18.3 Å². The highest BCUT2D eigenvalue weighted by Gasteiger charge is 2.18. The lowest BCUT2D eigenvalue weighted by Gasteiger charge is -2.09. The van der Waals surface area contributed by atoms with E-state index in [2.05, 4.69) is 15.0 Å². The van der Waals surface area contributed by atoms with Crippen LogP contribution in [0.1, 0.15) is 33.5 Å². The van der Waals surface area contributed by atoms with Crippen LogP contribution in [0.4, 0.5) is 5.69 Å². The number of aryl methyl sites for hydroxylation is 2. The van der Waals surface area contributed by atoms with Gasteiger partial charge in [0.2, 0.25) is 10.0 Å². The van der Waals surface area contributed by atoms with E-state index in [1.54, 1.807) is 60.9 Å². The maximum Gasteiger partial charge on any atom is 0.255 e. The number of amides is 1. The fourth-order valence-corrected chi connectivity index (χ4v) is 4.46. The molecule has 148 valence electrons. The van der Waals surface area contributed by atoms with E-state index in [0.29, 0.717) is 16.1 Å². The van der Waals surface area contributed by atoms with Crippen LogP contribution in [0.25, 0.3) is 0 Å². The molecule has 1 amide bonds. The van der Waals surface area contributed by atoms with Crippen molar-refractivity contribution in [1.29, 1.82) is 0 Å². The Kier molecular flexibility index (Phi) is 5.42. The van der Waals surface area contributed by atoms with Gasteiger partial charge in [0.05, 0.1) is 16.8 Å². The standard InChI is InChI=1S/C22H21N3O3S/c26-22(25-20-5-2-12-23-15-20)18-8-6-16(7-9-18)14-24-29(27,28)21-11-10-17-3-1-4-19(17)13-21/h2,5-13,15,24H,1,3-4,14H2,(H,25,26). The number of carbonyl (C=O) groups excluding carboxylic acids is 1. The minimum absolute atomic E-state index is 0.157. The number of aromatic nitrogens is 1. The van der Waals surface area contributed by atoms with Gasteiger partial charge in [-0.05, 0) is 72.4 Å². The number of hydrogen-bond acceptors (Lipinski definition) is 4. The average molecular weight is 407 g/mol. The van der Waals surface area contributed by atoms with Gasteiger partial charge in [0.1, 0.15) is 0 Å². The van der Waals surface area contributed by atoms with Gasteiger partial charge >= 0.3 is 0 Å². The molecule has 0 atom stereocenters. The lowest BCUT2D eigenvalue weighted by Crippen LogP contribution is -2.23. The van der Waals surface area contributed by atoms with E-state index in [9.17, 15) is 13.2 Å². The first kappa shape index (κ1) is 19.3. The van der Waals surface area contributed by atoms with Crippen molar-refractivity contribution < 1.29 is 13.2 Å². The zero-order chi connectivity index (χ0) is 20.3. The number of pyridine rings is 1. The number of rotatable bonds is 6. The highest BCUT2D eigenvalue weighted by Crippen LogP contribution is 2.24. The van der Waals surface area contributed by atoms with Crippen LogP contribution in [0.2, 0.25) is 0 Å². The third kappa shape index (κ3) is 4.52. The smallest absolute Gasteiger partial charge is 0.255 e. The van der Waals surface area contributed by atoms with Crippen molar-refractivity contribution >= 4 is 21.6 Å². The predicted octanol–water partition coefficient (Wildman–Crippen LogP) is 3.30. The molecule has 0 saturated carbocycles. The SMILES string of the molecule is O=C(Nc1cccnc1)c1ccc(CNS(=O)(=O)c2ccc3c(c2)CCC3)cc1. The summed E-state index contributed by atoms with van der Waals surface area (Å²) < 4.78 is 27.8. The predicted molar refractivity (Wildman–Crippen MR) is 111 cm³/mol. The Morgan fingerprint density at radius 1 is 1.00 bits per heavy atom. The van der Waals surface area contributed by atoms with Gasteiger partial charge in [-0.1, -0.05) is 18.2 Å². The minimum Gasteiger partial charge on any atom is -0.321 e. The van der Waals surface area contributed by atoms with E-state index in [0.717, 1.165) is 30.4 Å². The molecule has 1 aromatic heterocycles.